The summed E-state index contributed by atoms with van der Waals surface area (Å²) in [5.41, 5.74) is 4.26. The molecule has 2 rings (SSSR count). The van der Waals surface area contributed by atoms with Crippen molar-refractivity contribution in [3.63, 3.8) is 0 Å². The van der Waals surface area contributed by atoms with Crippen LogP contribution in [-0.2, 0) is 17.7 Å². The van der Waals surface area contributed by atoms with Gasteiger partial charge in [-0.05, 0) is 30.0 Å². The van der Waals surface area contributed by atoms with Gasteiger partial charge in [0.2, 0.25) is 0 Å². The average Bonchev–Trinajstić information content (AvgIpc) is 2.79. The minimum absolute atomic E-state index is 0.813. The Kier molecular flexibility index (Phi) is 5.67. The van der Waals surface area contributed by atoms with Crippen LogP contribution in [-0.4, -0.2) is 33.4 Å². The number of nitrogens with zero attached hydrogens (tertiary/aromatic N) is 1. The Hall–Kier alpha value is -1.06. The van der Waals surface area contributed by atoms with Crippen molar-refractivity contribution in [2.24, 2.45) is 0 Å². The first-order valence-corrected chi connectivity index (χ1v) is 7.42. The monoisotopic (exact) mass is 262 g/mol. The molecule has 3 nitrogen and oxygen atoms in total. The van der Waals surface area contributed by atoms with E-state index in [4.69, 9.17) is 4.74 Å². The zero-order valence-corrected chi connectivity index (χ0v) is 12.2. The highest BCUT2D eigenvalue weighted by molar-refractivity contribution is 5.58. The molecular weight excluding hydrogens is 236 g/mol. The Morgan fingerprint density at radius 3 is 3.05 bits per heavy atom. The maximum absolute atomic E-state index is 5.53. The van der Waals surface area contributed by atoms with Gasteiger partial charge in [-0.15, -0.1) is 0 Å². The quantitative estimate of drug-likeness (QED) is 0.729. The first kappa shape index (κ1) is 14.4. The second-order valence-electron chi connectivity index (χ2n) is 5.28. The minimum atomic E-state index is 0.813. The van der Waals surface area contributed by atoms with Crippen molar-refractivity contribution < 1.29 is 4.74 Å². The van der Waals surface area contributed by atoms with Crippen LogP contribution in [0.25, 0.3) is 0 Å². The second kappa shape index (κ2) is 7.51. The zero-order chi connectivity index (χ0) is 13.5. The predicted molar refractivity (Wildman–Crippen MR) is 80.8 cm³/mol. The maximum Gasteiger partial charge on any atom is 0.0591 e. The third-order valence-electron chi connectivity index (χ3n) is 3.67. The Morgan fingerprint density at radius 1 is 1.32 bits per heavy atom. The van der Waals surface area contributed by atoms with E-state index in [-0.39, 0.29) is 0 Å². The lowest BCUT2D eigenvalue weighted by Crippen LogP contribution is -2.19. The van der Waals surface area contributed by atoms with Gasteiger partial charge in [0.05, 0.1) is 6.61 Å². The van der Waals surface area contributed by atoms with Crippen molar-refractivity contribution >= 4 is 5.69 Å². The smallest absolute Gasteiger partial charge is 0.0591 e. The SMILES string of the molecule is CCCCOCCNCc1ccc2c(c1)CCN2C. The van der Waals surface area contributed by atoms with Crippen molar-refractivity contribution in [3.8, 4) is 0 Å². The normalized spacial score (nSPS) is 13.9. The van der Waals surface area contributed by atoms with Gasteiger partial charge in [0.1, 0.15) is 0 Å². The van der Waals surface area contributed by atoms with Crippen LogP contribution in [0.4, 0.5) is 5.69 Å². The van der Waals surface area contributed by atoms with Crippen LogP contribution in [0.5, 0.6) is 0 Å². The van der Waals surface area contributed by atoms with Gasteiger partial charge in [-0.1, -0.05) is 25.5 Å². The number of likely N-dealkylation sites (N-methyl/N-ethyl adjacent to an activating group) is 1. The summed E-state index contributed by atoms with van der Waals surface area (Å²) in [5.74, 6) is 0. The number of fused-ring (bicyclic) bond motifs is 1. The molecule has 0 saturated heterocycles. The Morgan fingerprint density at radius 2 is 2.21 bits per heavy atom. The van der Waals surface area contributed by atoms with Gasteiger partial charge >= 0.3 is 0 Å². The highest BCUT2D eigenvalue weighted by Gasteiger charge is 2.15. The summed E-state index contributed by atoms with van der Waals surface area (Å²) >= 11 is 0. The lowest BCUT2D eigenvalue weighted by molar-refractivity contribution is 0.133. The van der Waals surface area contributed by atoms with Gasteiger partial charge in [0, 0.05) is 39.0 Å². The number of benzene rings is 1. The second-order valence-corrected chi connectivity index (χ2v) is 5.28. The minimum Gasteiger partial charge on any atom is -0.380 e. The Bertz CT molecular complexity index is 392. The molecule has 0 aromatic heterocycles. The topological polar surface area (TPSA) is 24.5 Å². The highest BCUT2D eigenvalue weighted by atomic mass is 16.5. The molecule has 0 radical (unpaired) electrons. The number of rotatable bonds is 8. The third-order valence-corrected chi connectivity index (χ3v) is 3.67. The number of hydrogen-bond donors (Lipinski definition) is 1. The number of hydrogen-bond acceptors (Lipinski definition) is 3. The van der Waals surface area contributed by atoms with E-state index < -0.39 is 0 Å². The molecule has 106 valence electrons. The van der Waals surface area contributed by atoms with E-state index in [1.54, 1.807) is 0 Å². The van der Waals surface area contributed by atoms with Crippen LogP contribution in [0.2, 0.25) is 0 Å². The van der Waals surface area contributed by atoms with Crippen molar-refractivity contribution in [2.75, 3.05) is 38.3 Å². The van der Waals surface area contributed by atoms with Crippen molar-refractivity contribution in [2.45, 2.75) is 32.7 Å². The zero-order valence-electron chi connectivity index (χ0n) is 12.2. The Balaban J connectivity index is 1.67. The molecule has 0 atom stereocenters. The van der Waals surface area contributed by atoms with Crippen molar-refractivity contribution in [1.82, 2.24) is 5.32 Å². The first-order valence-electron chi connectivity index (χ1n) is 7.42. The van der Waals surface area contributed by atoms with Gasteiger partial charge in [-0.2, -0.15) is 0 Å². The summed E-state index contributed by atoms with van der Waals surface area (Å²) < 4.78 is 5.53. The third kappa shape index (κ3) is 4.22. The van der Waals surface area contributed by atoms with Crippen LogP contribution in [0, 0.1) is 0 Å². The van der Waals surface area contributed by atoms with E-state index in [1.807, 2.05) is 0 Å². The van der Waals surface area contributed by atoms with Gasteiger partial charge in [-0.3, -0.25) is 0 Å². The number of ether oxygens (including phenoxy) is 1. The molecule has 0 unspecified atom stereocenters. The number of anilines is 1. The van der Waals surface area contributed by atoms with Gasteiger partial charge < -0.3 is 15.0 Å². The molecule has 0 amide bonds. The average molecular weight is 262 g/mol. The van der Waals surface area contributed by atoms with Gasteiger partial charge in [-0.25, -0.2) is 0 Å². The lowest BCUT2D eigenvalue weighted by Gasteiger charge is -2.12. The first-order chi connectivity index (χ1) is 9.31. The number of unbranched alkanes of at least 4 members (excludes halogenated alkanes) is 1. The maximum atomic E-state index is 5.53. The van der Waals surface area contributed by atoms with Crippen LogP contribution in [0.1, 0.15) is 30.9 Å². The summed E-state index contributed by atoms with van der Waals surface area (Å²) in [7, 11) is 2.16. The van der Waals surface area contributed by atoms with Crippen LogP contribution >= 0.6 is 0 Å². The summed E-state index contributed by atoms with van der Waals surface area (Å²) in [5, 5.41) is 3.44. The van der Waals surface area contributed by atoms with E-state index >= 15 is 0 Å². The van der Waals surface area contributed by atoms with E-state index in [0.717, 1.165) is 32.8 Å². The molecule has 1 aliphatic rings. The fourth-order valence-corrected chi connectivity index (χ4v) is 2.46. The molecule has 1 aliphatic heterocycles. The summed E-state index contributed by atoms with van der Waals surface area (Å²) in [6, 6.07) is 6.81. The van der Waals surface area contributed by atoms with E-state index in [1.165, 1.54) is 36.1 Å². The summed E-state index contributed by atoms with van der Waals surface area (Å²) in [6.07, 6.45) is 3.55. The highest BCUT2D eigenvalue weighted by Crippen LogP contribution is 2.27. The molecule has 0 fully saturated rings. The summed E-state index contributed by atoms with van der Waals surface area (Å²) in [4.78, 5) is 2.33. The molecule has 1 aromatic carbocycles. The van der Waals surface area contributed by atoms with Crippen LogP contribution in [0.3, 0.4) is 0 Å². The van der Waals surface area contributed by atoms with Crippen molar-refractivity contribution in [1.29, 1.82) is 0 Å². The van der Waals surface area contributed by atoms with E-state index in [2.05, 4.69) is 42.4 Å². The molecular formula is C16H26N2O. The van der Waals surface area contributed by atoms with Gasteiger partial charge in [0.25, 0.3) is 0 Å². The standard InChI is InChI=1S/C16H26N2O/c1-3-4-10-19-11-8-17-13-14-5-6-16-15(12-14)7-9-18(16)2/h5-6,12,17H,3-4,7-11,13H2,1-2H3. The molecule has 19 heavy (non-hydrogen) atoms. The molecule has 1 heterocycles. The number of nitrogens with one attached hydrogen (secondary N) is 1. The lowest BCUT2D eigenvalue weighted by atomic mass is 10.1. The fourth-order valence-electron chi connectivity index (χ4n) is 2.46. The summed E-state index contributed by atoms with van der Waals surface area (Å²) in [6.45, 7) is 6.91. The van der Waals surface area contributed by atoms with Gasteiger partial charge in [0.15, 0.2) is 0 Å². The molecule has 0 saturated carbocycles. The Labute approximate surface area is 116 Å². The van der Waals surface area contributed by atoms with Crippen LogP contribution in [0.15, 0.2) is 18.2 Å². The van der Waals surface area contributed by atoms with Crippen LogP contribution < -0.4 is 10.2 Å². The molecule has 1 N–H and O–H groups in total. The predicted octanol–water partition coefficient (Wildman–Crippen LogP) is 2.59. The molecule has 0 aliphatic carbocycles. The molecule has 0 spiro atoms. The van der Waals surface area contributed by atoms with Crippen molar-refractivity contribution in [3.05, 3.63) is 29.3 Å². The molecule has 0 bridgehead atoms. The van der Waals surface area contributed by atoms with E-state index in [0.29, 0.717) is 0 Å². The van der Waals surface area contributed by atoms with E-state index in [9.17, 15) is 0 Å². The fraction of sp³-hybridized carbons (Fsp3) is 0.625. The molecule has 3 heteroatoms. The largest absolute Gasteiger partial charge is 0.380 e. The molecule has 1 aromatic rings.